The van der Waals surface area contributed by atoms with E-state index in [4.69, 9.17) is 20.8 Å². The second-order valence-corrected chi connectivity index (χ2v) is 8.82. The van der Waals surface area contributed by atoms with Gasteiger partial charge >= 0.3 is 5.97 Å². The molecule has 0 saturated heterocycles. The molecule has 9 nitrogen and oxygen atoms in total. The van der Waals surface area contributed by atoms with Crippen LogP contribution in [0, 0.1) is 10.1 Å². The number of esters is 1. The second kappa shape index (κ2) is 10.8. The summed E-state index contributed by atoms with van der Waals surface area (Å²) in [7, 11) is 0. The summed E-state index contributed by atoms with van der Waals surface area (Å²) in [6.45, 7) is 2.02. The molecule has 0 aliphatic carbocycles. The van der Waals surface area contributed by atoms with Gasteiger partial charge in [-0.3, -0.25) is 14.9 Å². The van der Waals surface area contributed by atoms with E-state index in [0.29, 0.717) is 28.4 Å². The minimum Gasteiger partial charge on any atom is -0.462 e. The van der Waals surface area contributed by atoms with Gasteiger partial charge in [0.2, 0.25) is 0 Å². The number of carbonyl (C=O) groups excluding carboxylic acids is 2. The fourth-order valence-electron chi connectivity index (χ4n) is 4.05. The van der Waals surface area contributed by atoms with Crippen LogP contribution in [0.4, 0.5) is 11.4 Å². The molecule has 0 bridgehead atoms. The minimum atomic E-state index is -0.593. The van der Waals surface area contributed by atoms with Crippen LogP contribution in [0.15, 0.2) is 100 Å². The topological polar surface area (TPSA) is 115 Å². The molecule has 2 heterocycles. The van der Waals surface area contributed by atoms with Crippen LogP contribution in [0.5, 0.6) is 0 Å². The highest BCUT2D eigenvalue weighted by molar-refractivity contribution is 6.38. The van der Waals surface area contributed by atoms with Gasteiger partial charge in [0, 0.05) is 22.2 Å². The van der Waals surface area contributed by atoms with E-state index in [1.54, 1.807) is 73.7 Å². The van der Waals surface area contributed by atoms with Crippen molar-refractivity contribution in [3.8, 4) is 11.3 Å². The zero-order valence-electron chi connectivity index (χ0n) is 20.5. The summed E-state index contributed by atoms with van der Waals surface area (Å²) in [5.74, 6) is -0.0982. The van der Waals surface area contributed by atoms with Gasteiger partial charge in [-0.15, -0.1) is 0 Å². The third-order valence-corrected chi connectivity index (χ3v) is 6.12. The van der Waals surface area contributed by atoms with Crippen LogP contribution in [-0.4, -0.2) is 29.1 Å². The Hall–Kier alpha value is -5.02. The number of hydrogen-bond acceptors (Lipinski definition) is 7. The van der Waals surface area contributed by atoms with Crippen molar-refractivity contribution in [3.05, 3.63) is 123 Å². The van der Waals surface area contributed by atoms with Crippen LogP contribution in [0.1, 0.15) is 28.6 Å². The van der Waals surface area contributed by atoms with Crippen molar-refractivity contribution in [2.45, 2.75) is 6.92 Å². The first-order chi connectivity index (χ1) is 18.9. The number of benzene rings is 3. The maximum absolute atomic E-state index is 13.6. The molecule has 4 aromatic rings. The summed E-state index contributed by atoms with van der Waals surface area (Å²) >= 11 is 6.11. The molecule has 1 aromatic heterocycles. The molecule has 1 aliphatic heterocycles. The highest BCUT2D eigenvalue weighted by Crippen LogP contribution is 2.36. The molecule has 0 atom stereocenters. The van der Waals surface area contributed by atoms with Gasteiger partial charge in [0.25, 0.3) is 11.6 Å². The molecule has 0 fully saturated rings. The van der Waals surface area contributed by atoms with E-state index in [-0.39, 0.29) is 28.6 Å². The lowest BCUT2D eigenvalue weighted by Crippen LogP contribution is -2.22. The predicted molar refractivity (Wildman–Crippen MR) is 147 cm³/mol. The monoisotopic (exact) mass is 541 g/mol. The maximum Gasteiger partial charge on any atom is 0.338 e. The van der Waals surface area contributed by atoms with E-state index in [1.165, 1.54) is 18.2 Å². The van der Waals surface area contributed by atoms with Crippen molar-refractivity contribution in [1.82, 2.24) is 0 Å². The molecular weight excluding hydrogens is 522 g/mol. The fourth-order valence-corrected chi connectivity index (χ4v) is 4.22. The van der Waals surface area contributed by atoms with Gasteiger partial charge < -0.3 is 9.15 Å². The molecule has 0 N–H and O–H groups in total. The number of amides is 1. The Morgan fingerprint density at radius 1 is 1.05 bits per heavy atom. The van der Waals surface area contributed by atoms with Crippen LogP contribution in [0.25, 0.3) is 17.4 Å². The normalized spacial score (nSPS) is 14.0. The van der Waals surface area contributed by atoms with E-state index in [2.05, 4.69) is 5.10 Å². The fraction of sp³-hybridized carbons (Fsp3) is 0.0690. The number of nitro groups is 1. The first-order valence-electron chi connectivity index (χ1n) is 11.9. The molecule has 10 heteroatoms. The summed E-state index contributed by atoms with van der Waals surface area (Å²) in [6, 6.07) is 23.1. The molecule has 1 amide bonds. The van der Waals surface area contributed by atoms with Crippen LogP contribution in [-0.2, 0) is 9.53 Å². The molecule has 39 heavy (non-hydrogen) atoms. The third kappa shape index (κ3) is 5.21. The van der Waals surface area contributed by atoms with Crippen molar-refractivity contribution < 1.29 is 23.7 Å². The number of furan rings is 1. The SMILES string of the molecule is CCOC(=O)c1ccc(-c2ccc(/C=C3\C(=O)N(c4cc(Cl)ccc4[N+](=O)[O-])N=C3c3ccccc3)o2)cc1. The molecule has 1 aliphatic rings. The number of hydrogen-bond donors (Lipinski definition) is 0. The summed E-state index contributed by atoms with van der Waals surface area (Å²) in [4.78, 5) is 36.6. The highest BCUT2D eigenvalue weighted by atomic mass is 35.5. The average molecular weight is 542 g/mol. The molecular formula is C29H20ClN3O6. The Morgan fingerprint density at radius 2 is 1.79 bits per heavy atom. The van der Waals surface area contributed by atoms with Crippen LogP contribution >= 0.6 is 11.6 Å². The standard InChI is InChI=1S/C29H20ClN3O6/c1-2-38-29(35)20-10-8-18(9-11-20)26-15-13-22(39-26)17-23-27(19-6-4-3-5-7-19)31-32(28(23)34)25-16-21(30)12-14-24(25)33(36)37/h3-17H,2H2,1H3/b23-17-. The lowest BCUT2D eigenvalue weighted by Gasteiger charge is -2.12. The van der Waals surface area contributed by atoms with E-state index in [1.807, 2.05) is 6.07 Å². The molecule has 0 unspecified atom stereocenters. The second-order valence-electron chi connectivity index (χ2n) is 8.38. The quantitative estimate of drug-likeness (QED) is 0.114. The number of carbonyl (C=O) groups is 2. The summed E-state index contributed by atoms with van der Waals surface area (Å²) in [5.41, 5.74) is 1.95. The van der Waals surface area contributed by atoms with Crippen molar-refractivity contribution in [2.75, 3.05) is 11.6 Å². The summed E-state index contributed by atoms with van der Waals surface area (Å²) < 4.78 is 11.0. The van der Waals surface area contributed by atoms with Gasteiger partial charge in [0.05, 0.1) is 22.7 Å². The van der Waals surface area contributed by atoms with E-state index in [0.717, 1.165) is 10.6 Å². The lowest BCUT2D eigenvalue weighted by atomic mass is 10.0. The van der Waals surface area contributed by atoms with Gasteiger partial charge in [-0.25, -0.2) is 4.79 Å². The smallest absolute Gasteiger partial charge is 0.338 e. The van der Waals surface area contributed by atoms with Crippen molar-refractivity contribution in [2.24, 2.45) is 5.10 Å². The number of nitro benzene ring substituents is 1. The van der Waals surface area contributed by atoms with Crippen LogP contribution < -0.4 is 5.01 Å². The van der Waals surface area contributed by atoms with E-state index >= 15 is 0 Å². The van der Waals surface area contributed by atoms with Crippen molar-refractivity contribution in [3.63, 3.8) is 0 Å². The summed E-state index contributed by atoms with van der Waals surface area (Å²) in [5, 5.41) is 17.3. The Balaban J connectivity index is 1.52. The Kier molecular flexibility index (Phi) is 7.07. The molecule has 3 aromatic carbocycles. The molecule has 194 valence electrons. The van der Waals surface area contributed by atoms with Gasteiger partial charge in [0.15, 0.2) is 0 Å². The molecule has 0 saturated carbocycles. The summed E-state index contributed by atoms with van der Waals surface area (Å²) in [6.07, 6.45) is 1.54. The van der Waals surface area contributed by atoms with Crippen LogP contribution in [0.3, 0.4) is 0 Å². The maximum atomic E-state index is 13.6. The minimum absolute atomic E-state index is 0.0452. The number of nitrogens with zero attached hydrogens (tertiary/aromatic N) is 3. The van der Waals surface area contributed by atoms with Gasteiger partial charge in [-0.1, -0.05) is 54.1 Å². The van der Waals surface area contributed by atoms with Gasteiger partial charge in [-0.05, 0) is 49.4 Å². The molecule has 5 rings (SSSR count). The average Bonchev–Trinajstić information content (AvgIpc) is 3.54. The Bertz CT molecular complexity index is 1640. The Labute approximate surface area is 227 Å². The number of halogens is 1. The molecule has 0 radical (unpaired) electrons. The molecule has 0 spiro atoms. The number of ether oxygens (including phenoxy) is 1. The number of anilines is 1. The number of rotatable bonds is 7. The number of hydrazone groups is 1. The largest absolute Gasteiger partial charge is 0.462 e. The van der Waals surface area contributed by atoms with Gasteiger partial charge in [-0.2, -0.15) is 10.1 Å². The third-order valence-electron chi connectivity index (χ3n) is 5.88. The lowest BCUT2D eigenvalue weighted by molar-refractivity contribution is -0.384. The van der Waals surface area contributed by atoms with Crippen molar-refractivity contribution in [1.29, 1.82) is 0 Å². The van der Waals surface area contributed by atoms with E-state index < -0.39 is 16.8 Å². The first-order valence-corrected chi connectivity index (χ1v) is 12.3. The zero-order valence-corrected chi connectivity index (χ0v) is 21.3. The van der Waals surface area contributed by atoms with Crippen molar-refractivity contribution >= 4 is 46.6 Å². The predicted octanol–water partition coefficient (Wildman–Crippen LogP) is 6.52. The van der Waals surface area contributed by atoms with E-state index in [9.17, 15) is 19.7 Å². The Morgan fingerprint density at radius 3 is 2.49 bits per heavy atom. The first kappa shape index (κ1) is 25.6. The van der Waals surface area contributed by atoms with Gasteiger partial charge in [0.1, 0.15) is 22.9 Å². The van der Waals surface area contributed by atoms with Crippen LogP contribution in [0.2, 0.25) is 5.02 Å². The zero-order chi connectivity index (χ0) is 27.5. The highest BCUT2D eigenvalue weighted by Gasteiger charge is 2.36.